The lowest BCUT2D eigenvalue weighted by molar-refractivity contribution is -0.155. The molecule has 0 aromatic heterocycles. The van der Waals surface area contributed by atoms with Crippen LogP contribution in [0.15, 0.2) is 0 Å². The molecule has 0 spiro atoms. The molecule has 0 heterocycles. The maximum absolute atomic E-state index is 11.6. The molecule has 0 aromatic rings. The SMILES string of the molecule is COCC(C)OCC(O)CC1(C(=O)O)CCC(C)CC1. The van der Waals surface area contributed by atoms with Crippen LogP contribution in [-0.2, 0) is 14.3 Å². The first kappa shape index (κ1) is 17.4. The number of carboxylic acids is 1. The van der Waals surface area contributed by atoms with Gasteiger partial charge in [-0.15, -0.1) is 0 Å². The second kappa shape index (κ2) is 7.96. The summed E-state index contributed by atoms with van der Waals surface area (Å²) < 4.78 is 10.4. The number of aliphatic hydroxyl groups excluding tert-OH is 1. The van der Waals surface area contributed by atoms with Gasteiger partial charge in [0, 0.05) is 7.11 Å². The summed E-state index contributed by atoms with van der Waals surface area (Å²) in [5.74, 6) is -0.203. The van der Waals surface area contributed by atoms with Crippen LogP contribution in [0.25, 0.3) is 0 Å². The van der Waals surface area contributed by atoms with Crippen molar-refractivity contribution in [3.05, 3.63) is 0 Å². The summed E-state index contributed by atoms with van der Waals surface area (Å²) in [4.78, 5) is 11.6. The van der Waals surface area contributed by atoms with Gasteiger partial charge in [-0.1, -0.05) is 6.92 Å². The largest absolute Gasteiger partial charge is 0.481 e. The van der Waals surface area contributed by atoms with E-state index in [0.29, 0.717) is 25.4 Å². The van der Waals surface area contributed by atoms with E-state index in [-0.39, 0.29) is 19.1 Å². The Bertz CT molecular complexity index is 297. The van der Waals surface area contributed by atoms with Gasteiger partial charge in [-0.3, -0.25) is 4.79 Å². The zero-order valence-electron chi connectivity index (χ0n) is 12.8. The topological polar surface area (TPSA) is 76.0 Å². The molecule has 2 unspecified atom stereocenters. The lowest BCUT2D eigenvalue weighted by atomic mass is 9.68. The Kier molecular flexibility index (Phi) is 6.92. The third-order valence-electron chi connectivity index (χ3n) is 4.29. The number of carboxylic acid groups (broad SMARTS) is 1. The lowest BCUT2D eigenvalue weighted by Gasteiger charge is -2.37. The van der Waals surface area contributed by atoms with Gasteiger partial charge in [-0.25, -0.2) is 0 Å². The van der Waals surface area contributed by atoms with Gasteiger partial charge in [0.25, 0.3) is 0 Å². The molecule has 2 atom stereocenters. The zero-order chi connectivity index (χ0) is 15.2. The smallest absolute Gasteiger partial charge is 0.309 e. The molecular weight excluding hydrogens is 260 g/mol. The molecule has 5 nitrogen and oxygen atoms in total. The second-order valence-corrected chi connectivity index (χ2v) is 6.23. The van der Waals surface area contributed by atoms with Crippen molar-refractivity contribution >= 4 is 5.97 Å². The van der Waals surface area contributed by atoms with E-state index in [4.69, 9.17) is 9.47 Å². The fourth-order valence-electron chi connectivity index (χ4n) is 2.89. The molecule has 1 saturated carbocycles. The van der Waals surface area contributed by atoms with Gasteiger partial charge in [-0.05, 0) is 44.9 Å². The van der Waals surface area contributed by atoms with Crippen LogP contribution in [0.1, 0.15) is 46.0 Å². The zero-order valence-corrected chi connectivity index (χ0v) is 12.8. The van der Waals surface area contributed by atoms with Crippen molar-refractivity contribution in [1.82, 2.24) is 0 Å². The van der Waals surface area contributed by atoms with Gasteiger partial charge in [-0.2, -0.15) is 0 Å². The number of hydrogen-bond acceptors (Lipinski definition) is 4. The van der Waals surface area contributed by atoms with Crippen LogP contribution >= 0.6 is 0 Å². The van der Waals surface area contributed by atoms with Crippen LogP contribution in [0.2, 0.25) is 0 Å². The Labute approximate surface area is 121 Å². The fourth-order valence-corrected chi connectivity index (χ4v) is 2.89. The molecule has 0 amide bonds. The minimum absolute atomic E-state index is 0.0955. The van der Waals surface area contributed by atoms with Crippen molar-refractivity contribution in [2.75, 3.05) is 20.3 Å². The quantitative estimate of drug-likeness (QED) is 0.715. The number of rotatable bonds is 8. The number of aliphatic carboxylic acids is 1. The molecule has 1 rings (SSSR count). The predicted octanol–water partition coefficient (Wildman–Crippen LogP) is 2.07. The van der Waals surface area contributed by atoms with Crippen LogP contribution in [-0.4, -0.2) is 48.7 Å². The van der Waals surface area contributed by atoms with E-state index >= 15 is 0 Å². The molecule has 20 heavy (non-hydrogen) atoms. The predicted molar refractivity (Wildman–Crippen MR) is 75.6 cm³/mol. The average Bonchev–Trinajstić information content (AvgIpc) is 2.39. The van der Waals surface area contributed by atoms with E-state index in [1.165, 1.54) is 0 Å². The van der Waals surface area contributed by atoms with Gasteiger partial charge in [0.1, 0.15) is 0 Å². The molecule has 0 aliphatic heterocycles. The summed E-state index contributed by atoms with van der Waals surface area (Å²) >= 11 is 0. The number of ether oxygens (including phenoxy) is 2. The first-order valence-corrected chi connectivity index (χ1v) is 7.41. The first-order chi connectivity index (χ1) is 9.39. The third kappa shape index (κ3) is 5.04. The Hall–Kier alpha value is -0.650. The van der Waals surface area contributed by atoms with Gasteiger partial charge in [0.15, 0.2) is 0 Å². The summed E-state index contributed by atoms with van der Waals surface area (Å²) in [6.07, 6.45) is 2.57. The highest BCUT2D eigenvalue weighted by Crippen LogP contribution is 2.42. The molecule has 118 valence electrons. The first-order valence-electron chi connectivity index (χ1n) is 7.41. The van der Waals surface area contributed by atoms with Crippen molar-refractivity contribution in [3.63, 3.8) is 0 Å². The minimum Gasteiger partial charge on any atom is -0.481 e. The van der Waals surface area contributed by atoms with Crippen LogP contribution in [0.3, 0.4) is 0 Å². The van der Waals surface area contributed by atoms with Gasteiger partial charge < -0.3 is 19.7 Å². The fraction of sp³-hybridized carbons (Fsp3) is 0.933. The van der Waals surface area contributed by atoms with E-state index in [2.05, 4.69) is 6.92 Å². The molecule has 2 N–H and O–H groups in total. The Balaban J connectivity index is 2.47. The molecule has 1 aliphatic rings. The average molecular weight is 288 g/mol. The van der Waals surface area contributed by atoms with Gasteiger partial charge in [0.2, 0.25) is 0 Å². The molecule has 5 heteroatoms. The van der Waals surface area contributed by atoms with Crippen molar-refractivity contribution in [2.24, 2.45) is 11.3 Å². The van der Waals surface area contributed by atoms with Gasteiger partial charge in [0.05, 0.1) is 30.8 Å². The summed E-state index contributed by atoms with van der Waals surface area (Å²) in [5.41, 5.74) is -0.778. The van der Waals surface area contributed by atoms with E-state index < -0.39 is 17.5 Å². The normalized spacial score (nSPS) is 29.9. The van der Waals surface area contributed by atoms with Crippen LogP contribution in [0.5, 0.6) is 0 Å². The Morgan fingerprint density at radius 2 is 1.95 bits per heavy atom. The van der Waals surface area contributed by atoms with Crippen LogP contribution in [0.4, 0.5) is 0 Å². The maximum atomic E-state index is 11.6. The molecule has 0 aromatic carbocycles. The molecule has 1 fully saturated rings. The summed E-state index contributed by atoms with van der Waals surface area (Å²) in [5, 5.41) is 19.6. The van der Waals surface area contributed by atoms with E-state index in [1.54, 1.807) is 7.11 Å². The standard InChI is InChI=1S/C15H28O5/c1-11-4-6-15(7-5-11,14(17)18)8-13(16)10-20-12(2)9-19-3/h11-13,16H,4-10H2,1-3H3,(H,17,18). The Morgan fingerprint density at radius 3 is 2.45 bits per heavy atom. The van der Waals surface area contributed by atoms with E-state index in [1.807, 2.05) is 6.92 Å². The van der Waals surface area contributed by atoms with Gasteiger partial charge >= 0.3 is 5.97 Å². The molecule has 1 aliphatic carbocycles. The van der Waals surface area contributed by atoms with Crippen molar-refractivity contribution in [3.8, 4) is 0 Å². The number of aliphatic hydroxyl groups is 1. The lowest BCUT2D eigenvalue weighted by Crippen LogP contribution is -2.39. The molecule has 0 saturated heterocycles. The number of hydrogen-bond donors (Lipinski definition) is 2. The van der Waals surface area contributed by atoms with Crippen LogP contribution < -0.4 is 0 Å². The highest BCUT2D eigenvalue weighted by atomic mass is 16.5. The summed E-state index contributed by atoms with van der Waals surface area (Å²) in [6.45, 7) is 4.65. The minimum atomic E-state index is -0.784. The van der Waals surface area contributed by atoms with Crippen molar-refractivity contribution in [2.45, 2.75) is 58.2 Å². The van der Waals surface area contributed by atoms with E-state index in [0.717, 1.165) is 12.8 Å². The monoisotopic (exact) mass is 288 g/mol. The summed E-state index contributed by atoms with van der Waals surface area (Å²) in [7, 11) is 1.60. The van der Waals surface area contributed by atoms with Crippen molar-refractivity contribution < 1.29 is 24.5 Å². The molecule has 0 bridgehead atoms. The maximum Gasteiger partial charge on any atom is 0.309 e. The number of methoxy groups -OCH3 is 1. The van der Waals surface area contributed by atoms with Crippen molar-refractivity contribution in [1.29, 1.82) is 0 Å². The highest BCUT2D eigenvalue weighted by Gasteiger charge is 2.42. The molecular formula is C15H28O5. The Morgan fingerprint density at radius 1 is 1.35 bits per heavy atom. The second-order valence-electron chi connectivity index (χ2n) is 6.23. The van der Waals surface area contributed by atoms with Crippen LogP contribution in [0, 0.1) is 11.3 Å². The third-order valence-corrected chi connectivity index (χ3v) is 4.29. The van der Waals surface area contributed by atoms with E-state index in [9.17, 15) is 15.0 Å². The summed E-state index contributed by atoms with van der Waals surface area (Å²) in [6, 6.07) is 0. The highest BCUT2D eigenvalue weighted by molar-refractivity contribution is 5.74. The number of carbonyl (C=O) groups is 1. The molecule has 0 radical (unpaired) electrons.